The van der Waals surface area contributed by atoms with Crippen LogP contribution in [0.3, 0.4) is 0 Å². The third-order valence-electron chi connectivity index (χ3n) is 1.45. The fraction of sp³-hybridized carbons (Fsp3) is 0.111. The number of amidine groups is 1. The lowest BCUT2D eigenvalue weighted by atomic mass is 10.2. The maximum atomic E-state index is 12.6. The van der Waals surface area contributed by atoms with Gasteiger partial charge in [-0.2, -0.15) is 0 Å². The van der Waals surface area contributed by atoms with Crippen molar-refractivity contribution in [2.45, 2.75) is 0 Å². The first-order valence-electron chi connectivity index (χ1n) is 3.87. The van der Waals surface area contributed by atoms with E-state index in [1.807, 2.05) is 0 Å². The Labute approximate surface area is 85.9 Å². The zero-order valence-electron chi connectivity index (χ0n) is 7.30. The zero-order chi connectivity index (χ0) is 10.6. The van der Waals surface area contributed by atoms with E-state index in [2.05, 4.69) is 4.99 Å². The third-order valence-corrected chi connectivity index (χ3v) is 1.78. The summed E-state index contributed by atoms with van der Waals surface area (Å²) in [6.45, 7) is 0.119. The number of nitrogens with one attached hydrogen (secondary N) is 1. The molecule has 0 unspecified atom stereocenters. The molecule has 0 heterocycles. The molecule has 0 atom stereocenters. The highest BCUT2D eigenvalue weighted by Crippen LogP contribution is 2.14. The van der Waals surface area contributed by atoms with Crippen molar-refractivity contribution in [1.82, 2.24) is 0 Å². The Bertz CT molecular complexity index is 376. The SMILES string of the molecule is N=C(N)CN=Cc1ccc(F)cc1Cl. The average molecular weight is 214 g/mol. The number of nitrogens with zero attached hydrogens (tertiary/aromatic N) is 1. The number of rotatable bonds is 3. The average Bonchev–Trinajstić information content (AvgIpc) is 2.08. The predicted molar refractivity (Wildman–Crippen MR) is 55.8 cm³/mol. The topological polar surface area (TPSA) is 62.2 Å². The summed E-state index contributed by atoms with van der Waals surface area (Å²) < 4.78 is 12.6. The molecule has 0 aliphatic heterocycles. The second-order valence-corrected chi connectivity index (χ2v) is 3.07. The fourth-order valence-electron chi connectivity index (χ4n) is 0.849. The van der Waals surface area contributed by atoms with E-state index < -0.39 is 5.82 Å². The molecule has 0 fully saturated rings. The largest absolute Gasteiger partial charge is 0.386 e. The van der Waals surface area contributed by atoms with Crippen molar-refractivity contribution in [3.63, 3.8) is 0 Å². The van der Waals surface area contributed by atoms with Crippen LogP contribution in [0.4, 0.5) is 4.39 Å². The molecule has 0 radical (unpaired) electrons. The molecule has 3 nitrogen and oxygen atoms in total. The smallest absolute Gasteiger partial charge is 0.124 e. The molecule has 5 heteroatoms. The predicted octanol–water partition coefficient (Wildman–Crippen LogP) is 1.83. The molecule has 74 valence electrons. The van der Waals surface area contributed by atoms with E-state index in [-0.39, 0.29) is 17.4 Å². The molecule has 0 amide bonds. The summed E-state index contributed by atoms with van der Waals surface area (Å²) in [4.78, 5) is 3.85. The monoisotopic (exact) mass is 213 g/mol. The van der Waals surface area contributed by atoms with Gasteiger partial charge in [0, 0.05) is 11.8 Å². The van der Waals surface area contributed by atoms with Gasteiger partial charge in [0.25, 0.3) is 0 Å². The Morgan fingerprint density at radius 1 is 1.64 bits per heavy atom. The van der Waals surface area contributed by atoms with Crippen LogP contribution < -0.4 is 5.73 Å². The molecule has 0 saturated carbocycles. The van der Waals surface area contributed by atoms with Crippen LogP contribution >= 0.6 is 11.6 Å². The molecule has 0 saturated heterocycles. The lowest BCUT2D eigenvalue weighted by Crippen LogP contribution is -2.13. The molecule has 0 aliphatic rings. The van der Waals surface area contributed by atoms with Gasteiger partial charge in [-0.1, -0.05) is 11.6 Å². The molecular weight excluding hydrogens is 205 g/mol. The molecule has 14 heavy (non-hydrogen) atoms. The number of nitrogens with two attached hydrogens (primary N) is 1. The van der Waals surface area contributed by atoms with Crippen LogP contribution in [-0.2, 0) is 0 Å². The van der Waals surface area contributed by atoms with Gasteiger partial charge in [0.1, 0.15) is 11.7 Å². The first kappa shape index (κ1) is 10.7. The summed E-state index contributed by atoms with van der Waals surface area (Å²) in [5.41, 5.74) is 5.70. The van der Waals surface area contributed by atoms with E-state index in [0.717, 1.165) is 0 Å². The van der Waals surface area contributed by atoms with E-state index in [1.54, 1.807) is 0 Å². The number of halogens is 2. The van der Waals surface area contributed by atoms with Gasteiger partial charge in [-0.05, 0) is 18.2 Å². The van der Waals surface area contributed by atoms with Crippen molar-refractivity contribution in [3.05, 3.63) is 34.6 Å². The molecule has 0 aliphatic carbocycles. The van der Waals surface area contributed by atoms with Gasteiger partial charge < -0.3 is 5.73 Å². The molecule has 3 N–H and O–H groups in total. The zero-order valence-corrected chi connectivity index (χ0v) is 8.05. The first-order chi connectivity index (χ1) is 6.59. The quantitative estimate of drug-likeness (QED) is 0.584. The van der Waals surface area contributed by atoms with Crippen LogP contribution in [-0.4, -0.2) is 18.6 Å². The van der Waals surface area contributed by atoms with Crippen LogP contribution in [0.2, 0.25) is 5.02 Å². The first-order valence-corrected chi connectivity index (χ1v) is 4.25. The minimum atomic E-state index is -0.390. The molecule has 1 aromatic rings. The summed E-state index contributed by atoms with van der Waals surface area (Å²) in [5.74, 6) is -0.418. The second-order valence-electron chi connectivity index (χ2n) is 2.66. The van der Waals surface area contributed by atoms with Gasteiger partial charge in [-0.25, -0.2) is 4.39 Å². The normalized spacial score (nSPS) is 10.7. The van der Waals surface area contributed by atoms with Crippen LogP contribution in [0.1, 0.15) is 5.56 Å². The third kappa shape index (κ3) is 3.14. The van der Waals surface area contributed by atoms with E-state index in [4.69, 9.17) is 22.7 Å². The van der Waals surface area contributed by atoms with E-state index in [1.165, 1.54) is 24.4 Å². The Hall–Kier alpha value is -1.42. The number of benzene rings is 1. The van der Waals surface area contributed by atoms with Gasteiger partial charge in [-0.15, -0.1) is 0 Å². The van der Waals surface area contributed by atoms with Crippen LogP contribution in [0.15, 0.2) is 23.2 Å². The van der Waals surface area contributed by atoms with Crippen molar-refractivity contribution in [3.8, 4) is 0 Å². The van der Waals surface area contributed by atoms with Crippen LogP contribution in [0, 0.1) is 11.2 Å². The lowest BCUT2D eigenvalue weighted by Gasteiger charge is -1.97. The summed E-state index contributed by atoms with van der Waals surface area (Å²) in [6, 6.07) is 4.01. The van der Waals surface area contributed by atoms with Crippen molar-refractivity contribution in [2.75, 3.05) is 6.54 Å². The number of aliphatic imine (C=N–C) groups is 1. The molecule has 0 bridgehead atoms. The summed E-state index contributed by atoms with van der Waals surface area (Å²) in [6.07, 6.45) is 1.46. The van der Waals surface area contributed by atoms with E-state index in [0.29, 0.717) is 5.56 Å². The van der Waals surface area contributed by atoms with Crippen LogP contribution in [0.5, 0.6) is 0 Å². The fourth-order valence-corrected chi connectivity index (χ4v) is 1.06. The highest BCUT2D eigenvalue weighted by Gasteiger charge is 1.98. The summed E-state index contributed by atoms with van der Waals surface area (Å²) >= 11 is 5.73. The standard InChI is InChI=1S/C9H9ClFN3/c10-8-3-7(11)2-1-6(8)4-14-5-9(12)13/h1-4H,5H2,(H3,12,13). The Balaban J connectivity index is 2.76. The van der Waals surface area contributed by atoms with Gasteiger partial charge >= 0.3 is 0 Å². The minimum absolute atomic E-state index is 0.0283. The molecule has 0 aromatic heterocycles. The molecular formula is C9H9ClFN3. The highest BCUT2D eigenvalue weighted by molar-refractivity contribution is 6.33. The van der Waals surface area contributed by atoms with Crippen molar-refractivity contribution in [1.29, 1.82) is 5.41 Å². The molecule has 1 rings (SSSR count). The van der Waals surface area contributed by atoms with Gasteiger partial charge in [0.15, 0.2) is 0 Å². The summed E-state index contributed by atoms with van der Waals surface area (Å²) in [5, 5.41) is 7.21. The molecule has 1 aromatic carbocycles. The summed E-state index contributed by atoms with van der Waals surface area (Å²) in [7, 11) is 0. The minimum Gasteiger partial charge on any atom is -0.386 e. The Kier molecular flexibility index (Phi) is 3.59. The van der Waals surface area contributed by atoms with Gasteiger partial charge in [-0.3, -0.25) is 10.4 Å². The maximum Gasteiger partial charge on any atom is 0.124 e. The number of hydrogen-bond donors (Lipinski definition) is 2. The van der Waals surface area contributed by atoms with Crippen molar-refractivity contribution >= 4 is 23.7 Å². The molecule has 0 spiro atoms. The van der Waals surface area contributed by atoms with Gasteiger partial charge in [0.05, 0.1) is 11.6 Å². The van der Waals surface area contributed by atoms with Crippen molar-refractivity contribution in [2.24, 2.45) is 10.7 Å². The second kappa shape index (κ2) is 4.72. The Morgan fingerprint density at radius 3 is 2.93 bits per heavy atom. The van der Waals surface area contributed by atoms with Gasteiger partial charge in [0.2, 0.25) is 0 Å². The Morgan fingerprint density at radius 2 is 2.36 bits per heavy atom. The van der Waals surface area contributed by atoms with Crippen molar-refractivity contribution < 1.29 is 4.39 Å². The number of hydrogen-bond acceptors (Lipinski definition) is 2. The highest BCUT2D eigenvalue weighted by atomic mass is 35.5. The van der Waals surface area contributed by atoms with Crippen LogP contribution in [0.25, 0.3) is 0 Å². The van der Waals surface area contributed by atoms with E-state index >= 15 is 0 Å². The lowest BCUT2D eigenvalue weighted by molar-refractivity contribution is 0.628. The maximum absolute atomic E-state index is 12.6. The van der Waals surface area contributed by atoms with E-state index in [9.17, 15) is 4.39 Å².